The van der Waals surface area contributed by atoms with Gasteiger partial charge in [-0.05, 0) is 66.8 Å². The Balaban J connectivity index is 1.23. The number of benzene rings is 2. The molecule has 8 nitrogen and oxygen atoms in total. The quantitative estimate of drug-likeness (QED) is 0.315. The van der Waals surface area contributed by atoms with E-state index in [1.54, 1.807) is 29.2 Å². The van der Waals surface area contributed by atoms with Gasteiger partial charge < -0.3 is 35.2 Å². The Hall–Kier alpha value is -2.99. The molecule has 2 aliphatic heterocycles. The van der Waals surface area contributed by atoms with Crippen LogP contribution < -0.4 is 4.90 Å². The molecule has 0 bridgehead atoms. The maximum absolute atomic E-state index is 13.6. The van der Waals surface area contributed by atoms with Crippen LogP contribution in [-0.2, 0) is 9.53 Å². The topological polar surface area (TPSA) is 131 Å². The number of anilines is 1. The van der Waals surface area contributed by atoms with E-state index >= 15 is 0 Å². The molecule has 1 amide bonds. The zero-order valence-corrected chi connectivity index (χ0v) is 21.6. The highest BCUT2D eigenvalue weighted by molar-refractivity contribution is 6.03. The number of ether oxygens (including phenoxy) is 1. The number of halogens is 2. The second-order valence-corrected chi connectivity index (χ2v) is 10.6. The Morgan fingerprint density at radius 1 is 0.950 bits per heavy atom. The fourth-order valence-electron chi connectivity index (χ4n) is 5.89. The molecule has 0 spiro atoms. The van der Waals surface area contributed by atoms with Crippen molar-refractivity contribution in [3.05, 3.63) is 89.5 Å². The Labute approximate surface area is 230 Å². The second kappa shape index (κ2) is 11.9. The fraction of sp³-hybridized carbons (Fsp3) is 0.433. The summed E-state index contributed by atoms with van der Waals surface area (Å²) in [5.41, 5.74) is 1.92. The summed E-state index contributed by atoms with van der Waals surface area (Å²) in [4.78, 5) is 14.8. The number of aliphatic hydroxyl groups excluding tert-OH is 5. The number of rotatable bonds is 8. The second-order valence-electron chi connectivity index (χ2n) is 10.6. The summed E-state index contributed by atoms with van der Waals surface area (Å²) < 4.78 is 32.7. The van der Waals surface area contributed by atoms with Crippen LogP contribution in [0.1, 0.15) is 30.9 Å². The van der Waals surface area contributed by atoms with Crippen molar-refractivity contribution in [3.63, 3.8) is 0 Å². The molecule has 2 fully saturated rings. The molecular weight excluding hydrogens is 524 g/mol. The number of aliphatic hydroxyl groups is 5. The molecule has 3 aliphatic rings. The maximum Gasteiger partial charge on any atom is 0.233 e. The molecule has 2 unspecified atom stereocenters. The van der Waals surface area contributed by atoms with Gasteiger partial charge in [-0.1, -0.05) is 30.4 Å². The van der Waals surface area contributed by atoms with Crippen LogP contribution in [0.25, 0.3) is 0 Å². The van der Waals surface area contributed by atoms with Crippen molar-refractivity contribution < 1.29 is 43.8 Å². The molecule has 2 saturated heterocycles. The van der Waals surface area contributed by atoms with Crippen LogP contribution in [0.15, 0.2) is 72.3 Å². The molecule has 40 heavy (non-hydrogen) atoms. The van der Waals surface area contributed by atoms with Crippen molar-refractivity contribution in [1.82, 2.24) is 0 Å². The molecule has 5 rings (SSSR count). The van der Waals surface area contributed by atoms with Gasteiger partial charge in [-0.15, -0.1) is 0 Å². The molecule has 0 aromatic heterocycles. The summed E-state index contributed by atoms with van der Waals surface area (Å²) in [6.45, 7) is -0.505. The molecule has 9 atom stereocenters. The number of β-lactam (4-membered cyclic amide) rings is 1. The van der Waals surface area contributed by atoms with Crippen molar-refractivity contribution in [2.75, 3.05) is 11.5 Å². The molecule has 1 aliphatic carbocycles. The average Bonchev–Trinajstić information content (AvgIpc) is 2.96. The van der Waals surface area contributed by atoms with Crippen LogP contribution in [0, 0.1) is 23.5 Å². The molecule has 5 N–H and O–H groups in total. The first-order valence-electron chi connectivity index (χ1n) is 13.4. The van der Waals surface area contributed by atoms with E-state index in [4.69, 9.17) is 4.74 Å². The summed E-state index contributed by atoms with van der Waals surface area (Å²) in [5, 5.41) is 50.9. The highest BCUT2D eigenvalue weighted by atomic mass is 19.1. The van der Waals surface area contributed by atoms with Gasteiger partial charge in [0.1, 0.15) is 36.1 Å². The molecule has 10 heteroatoms. The zero-order valence-electron chi connectivity index (χ0n) is 21.6. The monoisotopic (exact) mass is 557 g/mol. The fourth-order valence-corrected chi connectivity index (χ4v) is 5.89. The van der Waals surface area contributed by atoms with Gasteiger partial charge in [0.25, 0.3) is 0 Å². The van der Waals surface area contributed by atoms with Crippen molar-refractivity contribution in [2.45, 2.75) is 61.9 Å². The third kappa shape index (κ3) is 5.47. The van der Waals surface area contributed by atoms with Crippen LogP contribution in [-0.4, -0.2) is 74.7 Å². The minimum atomic E-state index is -1.45. The summed E-state index contributed by atoms with van der Waals surface area (Å²) >= 11 is 0. The molecule has 2 heterocycles. The van der Waals surface area contributed by atoms with Gasteiger partial charge in [0, 0.05) is 11.6 Å². The minimum Gasteiger partial charge on any atom is -0.394 e. The van der Waals surface area contributed by atoms with E-state index < -0.39 is 66.8 Å². The number of allylic oxidation sites excluding steroid dienone is 1. The Morgan fingerprint density at radius 3 is 2.20 bits per heavy atom. The number of nitrogens with zero attached hydrogens (tertiary/aromatic N) is 1. The van der Waals surface area contributed by atoms with E-state index in [2.05, 4.69) is 0 Å². The summed E-state index contributed by atoms with van der Waals surface area (Å²) in [6.07, 6.45) is -0.605. The van der Waals surface area contributed by atoms with Gasteiger partial charge >= 0.3 is 0 Å². The van der Waals surface area contributed by atoms with Crippen molar-refractivity contribution in [1.29, 1.82) is 0 Å². The van der Waals surface area contributed by atoms with Gasteiger partial charge in [0.05, 0.1) is 30.8 Å². The lowest BCUT2D eigenvalue weighted by molar-refractivity contribution is -0.237. The lowest BCUT2D eigenvalue weighted by atomic mass is 9.77. The lowest BCUT2D eigenvalue weighted by Crippen LogP contribution is -2.60. The number of amides is 1. The van der Waals surface area contributed by atoms with Crippen molar-refractivity contribution in [2.24, 2.45) is 11.8 Å². The average molecular weight is 558 g/mol. The standard InChI is InChI=1S/C30H33F2NO7/c31-19-7-5-17(6-8-19)25-22(30(39)33(25)21-11-9-20(32)10-12-21)13-14-23(35)16-1-3-18(4-2-16)29-28(38)27(37)26(36)24(15-34)40-29/h1-3,5-12,18,22-29,34-38H,4,13-15H2/t18?,22-,23+,24+,25?,26+,27-,28+,29-/m1/s1. The zero-order chi connectivity index (χ0) is 28.6. The first-order chi connectivity index (χ1) is 19.2. The molecule has 0 saturated carbocycles. The third-order valence-electron chi connectivity index (χ3n) is 8.18. The highest BCUT2D eigenvalue weighted by Gasteiger charge is 2.49. The maximum atomic E-state index is 13.6. The Kier molecular flexibility index (Phi) is 8.46. The smallest absolute Gasteiger partial charge is 0.233 e. The van der Waals surface area contributed by atoms with Crippen LogP contribution in [0.2, 0.25) is 0 Å². The van der Waals surface area contributed by atoms with E-state index in [1.807, 2.05) is 6.08 Å². The van der Waals surface area contributed by atoms with Gasteiger partial charge in [0.2, 0.25) is 5.91 Å². The molecule has 0 radical (unpaired) electrons. The summed E-state index contributed by atoms with van der Waals surface area (Å²) in [5.74, 6) is -1.78. The number of carbonyl (C=O) groups is 1. The number of hydrogen-bond acceptors (Lipinski definition) is 7. The SMILES string of the molecule is O=C1[C@H](CC[C@H](O)C2=CCC([C@H]3O[C@@H](CO)[C@H](O)[C@@H](O)[C@@H]3O)C=C2)C(c2ccc(F)cc2)N1c1ccc(F)cc1. The Bertz CT molecular complexity index is 1250. The van der Waals surface area contributed by atoms with Gasteiger partial charge in [0.15, 0.2) is 0 Å². The van der Waals surface area contributed by atoms with Gasteiger partial charge in [-0.3, -0.25) is 4.79 Å². The third-order valence-corrected chi connectivity index (χ3v) is 8.18. The molecule has 2 aromatic rings. The molecule has 2 aromatic carbocycles. The van der Waals surface area contributed by atoms with E-state index in [-0.39, 0.29) is 18.2 Å². The summed E-state index contributed by atoms with van der Waals surface area (Å²) in [7, 11) is 0. The van der Waals surface area contributed by atoms with E-state index in [0.29, 0.717) is 24.1 Å². The van der Waals surface area contributed by atoms with Crippen LogP contribution in [0.4, 0.5) is 14.5 Å². The van der Waals surface area contributed by atoms with Crippen molar-refractivity contribution in [3.8, 4) is 0 Å². The first-order valence-corrected chi connectivity index (χ1v) is 13.4. The van der Waals surface area contributed by atoms with E-state index in [1.165, 1.54) is 36.4 Å². The molecule has 214 valence electrons. The van der Waals surface area contributed by atoms with Gasteiger partial charge in [-0.25, -0.2) is 8.78 Å². The highest BCUT2D eigenvalue weighted by Crippen LogP contribution is 2.46. The van der Waals surface area contributed by atoms with Gasteiger partial charge in [-0.2, -0.15) is 0 Å². The Morgan fingerprint density at radius 2 is 1.60 bits per heavy atom. The molecular formula is C30H33F2NO7. The predicted octanol–water partition coefficient (Wildman–Crippen LogP) is 2.15. The van der Waals surface area contributed by atoms with Crippen molar-refractivity contribution >= 4 is 11.6 Å². The first kappa shape index (κ1) is 28.5. The lowest BCUT2D eigenvalue weighted by Gasteiger charge is -2.48. The normalized spacial score (nSPS) is 32.9. The van der Waals surface area contributed by atoms with E-state index in [0.717, 1.165) is 5.56 Å². The minimum absolute atomic E-state index is 0.163. The number of hydrogen-bond donors (Lipinski definition) is 5. The van der Waals surface area contributed by atoms with E-state index in [9.17, 15) is 39.1 Å². The largest absolute Gasteiger partial charge is 0.394 e. The van der Waals surface area contributed by atoms with Crippen LogP contribution in [0.5, 0.6) is 0 Å². The van der Waals surface area contributed by atoms with Crippen LogP contribution >= 0.6 is 0 Å². The number of carbonyl (C=O) groups excluding carboxylic acids is 1. The van der Waals surface area contributed by atoms with Crippen LogP contribution in [0.3, 0.4) is 0 Å². The summed E-state index contributed by atoms with van der Waals surface area (Å²) in [6, 6.07) is 11.1. The predicted molar refractivity (Wildman–Crippen MR) is 141 cm³/mol.